The van der Waals surface area contributed by atoms with E-state index in [1.165, 1.54) is 39.0 Å². The molecule has 2 N–H and O–H groups in total. The topological polar surface area (TPSA) is 66.4 Å². The van der Waals surface area contributed by atoms with Gasteiger partial charge in [-0.25, -0.2) is 9.18 Å². The lowest BCUT2D eigenvalue weighted by Gasteiger charge is -2.21. The number of carboxylic acid groups (broad SMARTS) is 1. The number of benzene rings is 1. The van der Waals surface area contributed by atoms with Crippen LogP contribution in [0.5, 0.6) is 0 Å². The maximum Gasteiger partial charge on any atom is 0.328 e. The van der Waals surface area contributed by atoms with Crippen molar-refractivity contribution >= 4 is 11.9 Å². The van der Waals surface area contributed by atoms with E-state index in [-0.39, 0.29) is 5.56 Å². The van der Waals surface area contributed by atoms with Gasteiger partial charge in [0.25, 0.3) is 5.91 Å². The van der Waals surface area contributed by atoms with Gasteiger partial charge in [-0.3, -0.25) is 4.79 Å². The lowest BCUT2D eigenvalue weighted by Crippen LogP contribution is -2.49. The average molecular weight is 239 g/mol. The van der Waals surface area contributed by atoms with Gasteiger partial charge in [-0.1, -0.05) is 0 Å². The van der Waals surface area contributed by atoms with Gasteiger partial charge >= 0.3 is 5.97 Å². The first-order chi connectivity index (χ1) is 7.74. The van der Waals surface area contributed by atoms with Gasteiger partial charge in [0, 0.05) is 5.56 Å². The minimum atomic E-state index is -1.36. The van der Waals surface area contributed by atoms with Crippen molar-refractivity contribution in [2.45, 2.75) is 26.3 Å². The number of hydrogen-bond acceptors (Lipinski definition) is 2. The zero-order valence-corrected chi connectivity index (χ0v) is 9.87. The minimum Gasteiger partial charge on any atom is -0.480 e. The summed E-state index contributed by atoms with van der Waals surface area (Å²) in [5.74, 6) is -2.08. The first kappa shape index (κ1) is 13.2. The third-order valence-corrected chi connectivity index (χ3v) is 2.38. The number of nitrogens with one attached hydrogen (secondary N) is 1. The van der Waals surface area contributed by atoms with Crippen molar-refractivity contribution in [2.24, 2.45) is 0 Å². The minimum absolute atomic E-state index is 0.234. The van der Waals surface area contributed by atoms with Gasteiger partial charge in [0.1, 0.15) is 11.4 Å². The Morgan fingerprint density at radius 2 is 1.94 bits per heavy atom. The van der Waals surface area contributed by atoms with Crippen LogP contribution in [0.25, 0.3) is 0 Å². The Labute approximate surface area is 98.5 Å². The number of carboxylic acids is 1. The lowest BCUT2D eigenvalue weighted by molar-refractivity contribution is -0.143. The summed E-state index contributed by atoms with van der Waals surface area (Å²) in [5, 5.41) is 11.2. The Morgan fingerprint density at radius 3 is 2.41 bits per heavy atom. The van der Waals surface area contributed by atoms with Crippen molar-refractivity contribution < 1.29 is 19.1 Å². The van der Waals surface area contributed by atoms with Crippen LogP contribution in [0.2, 0.25) is 0 Å². The van der Waals surface area contributed by atoms with Gasteiger partial charge in [0.15, 0.2) is 0 Å². The van der Waals surface area contributed by atoms with Gasteiger partial charge in [-0.2, -0.15) is 0 Å². The van der Waals surface area contributed by atoms with Crippen LogP contribution in [-0.4, -0.2) is 22.5 Å². The second kappa shape index (κ2) is 4.53. The van der Waals surface area contributed by atoms with Crippen LogP contribution in [0.3, 0.4) is 0 Å². The number of rotatable bonds is 3. The molecule has 0 radical (unpaired) electrons. The van der Waals surface area contributed by atoms with Gasteiger partial charge in [0.2, 0.25) is 0 Å². The maximum atomic E-state index is 13.0. The lowest BCUT2D eigenvalue weighted by atomic mass is 10.0. The summed E-state index contributed by atoms with van der Waals surface area (Å²) in [4.78, 5) is 22.6. The molecule has 0 spiro atoms. The van der Waals surface area contributed by atoms with E-state index in [9.17, 15) is 14.0 Å². The predicted octanol–water partition coefficient (Wildman–Crippen LogP) is 1.73. The molecule has 92 valence electrons. The number of aliphatic carboxylic acids is 1. The van der Waals surface area contributed by atoms with Crippen molar-refractivity contribution in [2.75, 3.05) is 0 Å². The molecule has 0 fully saturated rings. The number of amides is 1. The quantitative estimate of drug-likeness (QED) is 0.844. The molecule has 5 heteroatoms. The van der Waals surface area contributed by atoms with E-state index >= 15 is 0 Å². The number of halogens is 1. The highest BCUT2D eigenvalue weighted by Gasteiger charge is 2.29. The zero-order chi connectivity index (χ0) is 13.2. The third-order valence-electron chi connectivity index (χ3n) is 2.38. The van der Waals surface area contributed by atoms with Crippen LogP contribution >= 0.6 is 0 Å². The first-order valence-corrected chi connectivity index (χ1v) is 5.06. The van der Waals surface area contributed by atoms with Gasteiger partial charge < -0.3 is 10.4 Å². The third kappa shape index (κ3) is 3.03. The van der Waals surface area contributed by atoms with Gasteiger partial charge in [-0.05, 0) is 44.5 Å². The molecule has 1 rings (SSSR count). The number of carbonyl (C=O) groups is 2. The summed E-state index contributed by atoms with van der Waals surface area (Å²) in [6.45, 7) is 4.29. The number of carbonyl (C=O) groups excluding carboxylic acids is 1. The molecule has 0 heterocycles. The van der Waals surface area contributed by atoms with E-state index in [1.807, 2.05) is 0 Å². The summed E-state index contributed by atoms with van der Waals surface area (Å²) in [6.07, 6.45) is 0. The molecule has 4 nitrogen and oxygen atoms in total. The van der Waals surface area contributed by atoms with E-state index in [4.69, 9.17) is 5.11 Å². The summed E-state index contributed by atoms with van der Waals surface area (Å²) >= 11 is 0. The molecular formula is C12H14FNO3. The van der Waals surface area contributed by atoms with E-state index in [1.54, 1.807) is 0 Å². The molecule has 0 saturated carbocycles. The highest BCUT2D eigenvalue weighted by atomic mass is 19.1. The molecule has 1 aromatic carbocycles. The Morgan fingerprint density at radius 1 is 1.35 bits per heavy atom. The van der Waals surface area contributed by atoms with Crippen LogP contribution < -0.4 is 5.32 Å². The van der Waals surface area contributed by atoms with Crippen molar-refractivity contribution in [1.29, 1.82) is 0 Å². The summed E-state index contributed by atoms with van der Waals surface area (Å²) in [6, 6.07) is 3.87. The summed E-state index contributed by atoms with van der Waals surface area (Å²) < 4.78 is 13.0. The second-order valence-electron chi connectivity index (χ2n) is 4.35. The molecule has 1 aromatic rings. The number of aryl methyl sites for hydroxylation is 1. The monoisotopic (exact) mass is 239 g/mol. The molecular weight excluding hydrogens is 225 g/mol. The molecule has 0 unspecified atom stereocenters. The first-order valence-electron chi connectivity index (χ1n) is 5.06. The van der Waals surface area contributed by atoms with Crippen molar-refractivity contribution in [3.8, 4) is 0 Å². The highest BCUT2D eigenvalue weighted by Crippen LogP contribution is 2.11. The Kier molecular flexibility index (Phi) is 3.50. The van der Waals surface area contributed by atoms with Gasteiger partial charge in [-0.15, -0.1) is 0 Å². The fourth-order valence-corrected chi connectivity index (χ4v) is 1.20. The Balaban J connectivity index is 2.91. The molecule has 0 aliphatic heterocycles. The van der Waals surface area contributed by atoms with Crippen LogP contribution in [0.15, 0.2) is 18.2 Å². The normalized spacial score (nSPS) is 11.1. The molecule has 17 heavy (non-hydrogen) atoms. The fraction of sp³-hybridized carbons (Fsp3) is 0.333. The Hall–Kier alpha value is -1.91. The zero-order valence-electron chi connectivity index (χ0n) is 9.87. The van der Waals surface area contributed by atoms with E-state index < -0.39 is 23.2 Å². The van der Waals surface area contributed by atoms with Crippen LogP contribution in [0.4, 0.5) is 4.39 Å². The predicted molar refractivity (Wildman–Crippen MR) is 60.3 cm³/mol. The van der Waals surface area contributed by atoms with E-state index in [2.05, 4.69) is 5.32 Å². The van der Waals surface area contributed by atoms with Crippen LogP contribution in [0.1, 0.15) is 29.8 Å². The molecule has 0 aliphatic carbocycles. The molecule has 1 amide bonds. The molecule has 0 aliphatic rings. The molecule has 0 aromatic heterocycles. The van der Waals surface area contributed by atoms with E-state index in [0.29, 0.717) is 5.56 Å². The molecule has 0 atom stereocenters. The standard InChI is InChI=1S/C12H14FNO3/c1-7-6-8(4-5-9(7)13)10(15)14-12(2,3)11(16)17/h4-6H,1-3H3,(H,14,15)(H,16,17). The molecule has 0 saturated heterocycles. The second-order valence-corrected chi connectivity index (χ2v) is 4.35. The van der Waals surface area contributed by atoms with Crippen molar-refractivity contribution in [3.63, 3.8) is 0 Å². The van der Waals surface area contributed by atoms with E-state index in [0.717, 1.165) is 0 Å². The fourth-order valence-electron chi connectivity index (χ4n) is 1.20. The largest absolute Gasteiger partial charge is 0.480 e. The average Bonchev–Trinajstić information content (AvgIpc) is 2.21. The smallest absolute Gasteiger partial charge is 0.328 e. The van der Waals surface area contributed by atoms with Crippen molar-refractivity contribution in [3.05, 3.63) is 35.1 Å². The highest BCUT2D eigenvalue weighted by molar-refractivity contribution is 5.97. The summed E-state index contributed by atoms with van der Waals surface area (Å²) in [7, 11) is 0. The van der Waals surface area contributed by atoms with Crippen molar-refractivity contribution in [1.82, 2.24) is 5.32 Å². The van der Waals surface area contributed by atoms with Crippen LogP contribution in [0, 0.1) is 12.7 Å². The SMILES string of the molecule is Cc1cc(C(=O)NC(C)(C)C(=O)O)ccc1F. The summed E-state index contributed by atoms with van der Waals surface area (Å²) in [5.41, 5.74) is -0.789. The van der Waals surface area contributed by atoms with Gasteiger partial charge in [0.05, 0.1) is 0 Å². The Bertz CT molecular complexity index is 469. The number of hydrogen-bond donors (Lipinski definition) is 2. The maximum absolute atomic E-state index is 13.0. The molecule has 0 bridgehead atoms. The van der Waals surface area contributed by atoms with Crippen LogP contribution in [-0.2, 0) is 4.79 Å².